The predicted octanol–water partition coefficient (Wildman–Crippen LogP) is 1.15. The summed E-state index contributed by atoms with van der Waals surface area (Å²) in [7, 11) is 2.99. The molecule has 0 spiro atoms. The largest absolute Gasteiger partial charge is 0.469 e. The van der Waals surface area contributed by atoms with Crippen LogP contribution >= 0.6 is 0 Å². The summed E-state index contributed by atoms with van der Waals surface area (Å²) in [4.78, 5) is 19.8. The zero-order chi connectivity index (χ0) is 12.3. The van der Waals surface area contributed by atoms with Crippen LogP contribution in [0.4, 0.5) is 0 Å². The van der Waals surface area contributed by atoms with Crippen molar-refractivity contribution >= 4 is 11.9 Å². The van der Waals surface area contributed by atoms with Crippen molar-refractivity contribution in [3.63, 3.8) is 0 Å². The van der Waals surface area contributed by atoms with Crippen LogP contribution in [0, 0.1) is 0 Å². The summed E-state index contributed by atoms with van der Waals surface area (Å²) in [6.45, 7) is 5.14. The standard InChI is InChI=1S/C7H14O3.C3H6O2/c1-6(9-3)4-5-10-7(2)8;1-3(4)5-2/h6H,4-5H2,1-3H3;1-2H3. The third kappa shape index (κ3) is 19.3. The molecule has 0 rings (SSSR count). The Labute approximate surface area is 90.7 Å². The van der Waals surface area contributed by atoms with Crippen molar-refractivity contribution in [1.82, 2.24) is 0 Å². The van der Waals surface area contributed by atoms with Gasteiger partial charge in [-0.25, -0.2) is 0 Å². The minimum atomic E-state index is -0.245. The van der Waals surface area contributed by atoms with E-state index in [9.17, 15) is 9.59 Å². The summed E-state index contributed by atoms with van der Waals surface area (Å²) in [5, 5.41) is 0. The summed E-state index contributed by atoms with van der Waals surface area (Å²) in [5.41, 5.74) is 0. The van der Waals surface area contributed by atoms with Gasteiger partial charge in [0, 0.05) is 27.4 Å². The second-order valence-corrected chi connectivity index (χ2v) is 2.87. The zero-order valence-electron chi connectivity index (χ0n) is 10.0. The van der Waals surface area contributed by atoms with Gasteiger partial charge in [0.15, 0.2) is 0 Å². The predicted molar refractivity (Wildman–Crippen MR) is 55.4 cm³/mol. The second-order valence-electron chi connectivity index (χ2n) is 2.87. The van der Waals surface area contributed by atoms with E-state index in [0.717, 1.165) is 6.42 Å². The molecule has 0 saturated heterocycles. The van der Waals surface area contributed by atoms with Gasteiger partial charge in [-0.3, -0.25) is 9.59 Å². The third-order valence-electron chi connectivity index (χ3n) is 1.52. The minimum Gasteiger partial charge on any atom is -0.469 e. The van der Waals surface area contributed by atoms with Gasteiger partial charge < -0.3 is 14.2 Å². The third-order valence-corrected chi connectivity index (χ3v) is 1.52. The van der Waals surface area contributed by atoms with E-state index in [1.54, 1.807) is 7.11 Å². The van der Waals surface area contributed by atoms with Crippen LogP contribution in [0.5, 0.6) is 0 Å². The van der Waals surface area contributed by atoms with Crippen molar-refractivity contribution in [2.75, 3.05) is 20.8 Å². The molecule has 0 aromatic rings. The molecule has 1 unspecified atom stereocenters. The van der Waals surface area contributed by atoms with E-state index in [4.69, 9.17) is 9.47 Å². The molecule has 90 valence electrons. The molecule has 0 N–H and O–H groups in total. The lowest BCUT2D eigenvalue weighted by Gasteiger charge is -2.07. The molecule has 0 bridgehead atoms. The van der Waals surface area contributed by atoms with Crippen LogP contribution in [-0.2, 0) is 23.8 Å². The first kappa shape index (κ1) is 16.3. The van der Waals surface area contributed by atoms with Crippen molar-refractivity contribution < 1.29 is 23.8 Å². The lowest BCUT2D eigenvalue weighted by Crippen LogP contribution is -2.10. The average Bonchev–Trinajstić information content (AvgIpc) is 2.17. The van der Waals surface area contributed by atoms with Crippen LogP contribution in [0.15, 0.2) is 0 Å². The number of methoxy groups -OCH3 is 2. The molecule has 5 nitrogen and oxygen atoms in total. The van der Waals surface area contributed by atoms with Gasteiger partial charge >= 0.3 is 11.9 Å². The van der Waals surface area contributed by atoms with Crippen molar-refractivity contribution in [2.45, 2.75) is 33.3 Å². The summed E-state index contributed by atoms with van der Waals surface area (Å²) in [6.07, 6.45) is 0.926. The van der Waals surface area contributed by atoms with Crippen LogP contribution in [0.3, 0.4) is 0 Å². The van der Waals surface area contributed by atoms with Crippen molar-refractivity contribution in [3.8, 4) is 0 Å². The molecular weight excluding hydrogens is 200 g/mol. The number of rotatable bonds is 4. The van der Waals surface area contributed by atoms with E-state index in [2.05, 4.69) is 4.74 Å². The molecule has 0 aliphatic carbocycles. The van der Waals surface area contributed by atoms with E-state index in [1.165, 1.54) is 21.0 Å². The topological polar surface area (TPSA) is 61.8 Å². The molecule has 5 heteroatoms. The maximum atomic E-state index is 10.3. The first-order valence-electron chi connectivity index (χ1n) is 4.64. The summed E-state index contributed by atoms with van der Waals surface area (Å²) in [5.74, 6) is -0.478. The van der Waals surface area contributed by atoms with Crippen molar-refractivity contribution in [1.29, 1.82) is 0 Å². The van der Waals surface area contributed by atoms with Gasteiger partial charge in [0.1, 0.15) is 0 Å². The molecule has 0 amide bonds. The van der Waals surface area contributed by atoms with Crippen LogP contribution in [0.2, 0.25) is 0 Å². The lowest BCUT2D eigenvalue weighted by molar-refractivity contribution is -0.141. The fraction of sp³-hybridized carbons (Fsp3) is 0.800. The Morgan fingerprint density at radius 1 is 1.13 bits per heavy atom. The van der Waals surface area contributed by atoms with Crippen LogP contribution in [-0.4, -0.2) is 38.9 Å². The summed E-state index contributed by atoms with van der Waals surface area (Å²) in [6, 6.07) is 0. The summed E-state index contributed by atoms with van der Waals surface area (Å²) >= 11 is 0. The van der Waals surface area contributed by atoms with Crippen LogP contribution < -0.4 is 0 Å². The highest BCUT2D eigenvalue weighted by molar-refractivity contribution is 5.66. The van der Waals surface area contributed by atoms with Crippen molar-refractivity contribution in [2.24, 2.45) is 0 Å². The number of hydrogen-bond acceptors (Lipinski definition) is 5. The Hall–Kier alpha value is -1.10. The molecule has 0 aromatic carbocycles. The van der Waals surface area contributed by atoms with Crippen molar-refractivity contribution in [3.05, 3.63) is 0 Å². The Morgan fingerprint density at radius 2 is 1.60 bits per heavy atom. The smallest absolute Gasteiger partial charge is 0.302 e. The normalized spacial score (nSPS) is 10.7. The quantitative estimate of drug-likeness (QED) is 0.665. The maximum absolute atomic E-state index is 10.3. The zero-order valence-corrected chi connectivity index (χ0v) is 10.0. The van der Waals surface area contributed by atoms with E-state index in [0.29, 0.717) is 6.61 Å². The number of carbonyl (C=O) groups excluding carboxylic acids is 2. The van der Waals surface area contributed by atoms with Gasteiger partial charge in [-0.1, -0.05) is 0 Å². The highest BCUT2D eigenvalue weighted by atomic mass is 16.5. The number of carbonyl (C=O) groups is 2. The molecule has 0 radical (unpaired) electrons. The minimum absolute atomic E-state index is 0.166. The lowest BCUT2D eigenvalue weighted by atomic mass is 10.3. The summed E-state index contributed by atoms with van der Waals surface area (Å²) < 4.78 is 13.7. The molecular formula is C10H20O5. The molecule has 0 fully saturated rings. The Balaban J connectivity index is 0. The Morgan fingerprint density at radius 3 is 1.87 bits per heavy atom. The van der Waals surface area contributed by atoms with Gasteiger partial charge in [-0.15, -0.1) is 0 Å². The van der Waals surface area contributed by atoms with Gasteiger partial charge in [-0.2, -0.15) is 0 Å². The number of esters is 2. The molecule has 0 aromatic heterocycles. The van der Waals surface area contributed by atoms with E-state index >= 15 is 0 Å². The molecule has 1 atom stereocenters. The fourth-order valence-corrected chi connectivity index (χ4v) is 0.486. The number of hydrogen-bond donors (Lipinski definition) is 0. The Kier molecular flexibility index (Phi) is 12.0. The van der Waals surface area contributed by atoms with Crippen LogP contribution in [0.1, 0.15) is 27.2 Å². The monoisotopic (exact) mass is 220 g/mol. The average molecular weight is 220 g/mol. The Bertz CT molecular complexity index is 179. The molecule has 0 aliphatic heterocycles. The molecule has 15 heavy (non-hydrogen) atoms. The van der Waals surface area contributed by atoms with Crippen LogP contribution in [0.25, 0.3) is 0 Å². The van der Waals surface area contributed by atoms with E-state index in [1.807, 2.05) is 6.92 Å². The molecule has 0 heterocycles. The SMILES string of the molecule is COC(C)=O.COC(C)CCOC(C)=O. The first-order valence-corrected chi connectivity index (χ1v) is 4.64. The maximum Gasteiger partial charge on any atom is 0.302 e. The van der Waals surface area contributed by atoms with Gasteiger partial charge in [0.05, 0.1) is 19.8 Å². The fourth-order valence-electron chi connectivity index (χ4n) is 0.486. The highest BCUT2D eigenvalue weighted by Crippen LogP contribution is 1.94. The van der Waals surface area contributed by atoms with E-state index < -0.39 is 0 Å². The van der Waals surface area contributed by atoms with E-state index in [-0.39, 0.29) is 18.0 Å². The highest BCUT2D eigenvalue weighted by Gasteiger charge is 1.99. The second kappa shape index (κ2) is 11.0. The van der Waals surface area contributed by atoms with Gasteiger partial charge in [-0.05, 0) is 6.92 Å². The molecule has 0 saturated carbocycles. The van der Waals surface area contributed by atoms with Gasteiger partial charge in [0.2, 0.25) is 0 Å². The first-order chi connectivity index (χ1) is 6.93. The van der Waals surface area contributed by atoms with Gasteiger partial charge in [0.25, 0.3) is 0 Å². The molecule has 0 aliphatic rings. The number of ether oxygens (including phenoxy) is 3.